The van der Waals surface area contributed by atoms with Crippen LogP contribution in [0.15, 0.2) is 54.7 Å². The zero-order valence-corrected chi connectivity index (χ0v) is 18.5. The number of amides is 2. The van der Waals surface area contributed by atoms with E-state index in [1.807, 2.05) is 24.3 Å². The minimum absolute atomic E-state index is 0.0983. The van der Waals surface area contributed by atoms with Crippen molar-refractivity contribution in [3.8, 4) is 11.6 Å². The number of hydrogen-bond donors (Lipinski definition) is 1. The number of piperazine rings is 1. The van der Waals surface area contributed by atoms with Gasteiger partial charge in [-0.3, -0.25) is 9.59 Å². The molecule has 0 aliphatic carbocycles. The number of alkyl halides is 3. The van der Waals surface area contributed by atoms with E-state index in [0.29, 0.717) is 26.2 Å². The van der Waals surface area contributed by atoms with E-state index in [9.17, 15) is 22.8 Å². The number of aromatic nitrogens is 1. The van der Waals surface area contributed by atoms with Crippen LogP contribution in [-0.4, -0.2) is 67.8 Å². The highest BCUT2D eigenvalue weighted by atomic mass is 19.4. The first-order chi connectivity index (χ1) is 16.2. The Morgan fingerprint density at radius 3 is 2.44 bits per heavy atom. The average molecular weight is 478 g/mol. The predicted molar refractivity (Wildman–Crippen MR) is 119 cm³/mol. The van der Waals surface area contributed by atoms with Gasteiger partial charge in [-0.1, -0.05) is 6.07 Å². The second kappa shape index (κ2) is 11.4. The van der Waals surface area contributed by atoms with E-state index >= 15 is 0 Å². The van der Waals surface area contributed by atoms with E-state index in [0.717, 1.165) is 17.5 Å². The zero-order valence-electron chi connectivity index (χ0n) is 18.5. The summed E-state index contributed by atoms with van der Waals surface area (Å²) in [5, 5.41) is 2.52. The molecule has 11 heteroatoms. The Labute approximate surface area is 195 Å². The third-order valence-corrected chi connectivity index (χ3v) is 5.08. The minimum atomic E-state index is -4.50. The number of halogens is 3. The molecular weight excluding hydrogens is 453 g/mol. The molecule has 1 aromatic heterocycles. The summed E-state index contributed by atoms with van der Waals surface area (Å²) in [6.07, 6.45) is -0.918. The summed E-state index contributed by atoms with van der Waals surface area (Å²) in [6.45, 7) is 0.739. The van der Waals surface area contributed by atoms with Gasteiger partial charge in [0.1, 0.15) is 5.75 Å². The van der Waals surface area contributed by atoms with E-state index in [4.69, 9.17) is 4.74 Å². The van der Waals surface area contributed by atoms with Gasteiger partial charge >= 0.3 is 6.18 Å². The number of ether oxygens (including phenoxy) is 2. The Hall–Kier alpha value is -3.76. The number of anilines is 1. The molecule has 1 saturated heterocycles. The number of nitrogens with one attached hydrogen (secondary N) is 1. The van der Waals surface area contributed by atoms with Crippen molar-refractivity contribution >= 4 is 17.5 Å². The van der Waals surface area contributed by atoms with Crippen LogP contribution in [0, 0.1) is 0 Å². The molecule has 182 valence electrons. The number of carbonyl (C=O) groups excluding carboxylic acids is 2. The van der Waals surface area contributed by atoms with Crippen LogP contribution in [0.1, 0.15) is 5.56 Å². The monoisotopic (exact) mass is 478 g/mol. The fraction of sp³-hybridized carbons (Fsp3) is 0.348. The molecule has 8 nitrogen and oxygen atoms in total. The summed E-state index contributed by atoms with van der Waals surface area (Å²) in [7, 11) is 1.61. The molecule has 34 heavy (non-hydrogen) atoms. The number of carbonyl (C=O) groups is 2. The molecule has 0 radical (unpaired) electrons. The molecule has 1 aromatic carbocycles. The van der Waals surface area contributed by atoms with Crippen molar-refractivity contribution in [1.29, 1.82) is 0 Å². The summed E-state index contributed by atoms with van der Waals surface area (Å²) in [5.74, 6) is -0.291. The van der Waals surface area contributed by atoms with Crippen LogP contribution in [0.25, 0.3) is 0 Å². The van der Waals surface area contributed by atoms with Crippen LogP contribution >= 0.6 is 0 Å². The highest BCUT2D eigenvalue weighted by molar-refractivity contribution is 5.96. The fourth-order valence-electron chi connectivity index (χ4n) is 3.31. The summed E-state index contributed by atoms with van der Waals surface area (Å²) in [6, 6.07) is 10.7. The molecule has 0 atom stereocenters. The van der Waals surface area contributed by atoms with Crippen LogP contribution in [0.5, 0.6) is 11.6 Å². The molecule has 3 rings (SSSR count). The Balaban J connectivity index is 1.45. The number of pyridine rings is 1. The van der Waals surface area contributed by atoms with E-state index in [2.05, 4.69) is 19.9 Å². The number of nitrogens with zero attached hydrogens (tertiary/aromatic N) is 3. The lowest BCUT2D eigenvalue weighted by Crippen LogP contribution is -2.48. The molecule has 1 aliphatic heterocycles. The highest BCUT2D eigenvalue weighted by Gasteiger charge is 2.29. The SMILES string of the molecule is COc1ccc(N2CCN(C(=O)/C=C\C(=O)NCc3cccnc3OCC(F)(F)F)CC2)cc1. The van der Waals surface area contributed by atoms with Gasteiger partial charge in [0, 0.05) is 62.3 Å². The van der Waals surface area contributed by atoms with Gasteiger partial charge in [-0.15, -0.1) is 0 Å². The molecule has 0 spiro atoms. The third kappa shape index (κ3) is 7.39. The maximum absolute atomic E-state index is 12.4. The van der Waals surface area contributed by atoms with Crippen molar-refractivity contribution in [3.05, 3.63) is 60.3 Å². The molecule has 1 fully saturated rings. The number of benzene rings is 1. The topological polar surface area (TPSA) is 84.0 Å². The molecule has 1 N–H and O–H groups in total. The molecule has 2 amide bonds. The molecular formula is C23H25F3N4O4. The van der Waals surface area contributed by atoms with Crippen molar-refractivity contribution in [2.75, 3.05) is 44.8 Å². The van der Waals surface area contributed by atoms with E-state index in [1.165, 1.54) is 24.4 Å². The molecule has 2 heterocycles. The lowest BCUT2D eigenvalue weighted by atomic mass is 10.2. The first-order valence-corrected chi connectivity index (χ1v) is 10.5. The minimum Gasteiger partial charge on any atom is -0.497 e. The van der Waals surface area contributed by atoms with Gasteiger partial charge in [-0.05, 0) is 30.3 Å². The number of hydrogen-bond acceptors (Lipinski definition) is 6. The van der Waals surface area contributed by atoms with Crippen LogP contribution < -0.4 is 19.7 Å². The van der Waals surface area contributed by atoms with E-state index < -0.39 is 18.7 Å². The van der Waals surface area contributed by atoms with E-state index in [-0.39, 0.29) is 23.9 Å². The third-order valence-electron chi connectivity index (χ3n) is 5.08. The second-order valence-electron chi connectivity index (χ2n) is 7.43. The second-order valence-corrected chi connectivity index (χ2v) is 7.43. The van der Waals surface area contributed by atoms with Crippen molar-refractivity contribution in [2.24, 2.45) is 0 Å². The standard InChI is InChI=1S/C23H25F3N4O4/c1-33-19-6-4-18(5-7-19)29-11-13-30(14-12-29)21(32)9-8-20(31)28-15-17-3-2-10-27-22(17)34-16-23(24,25)26/h2-10H,11-16H2,1H3,(H,28,31)/b9-8-. The summed E-state index contributed by atoms with van der Waals surface area (Å²) >= 11 is 0. The Bertz CT molecular complexity index is 1000. The van der Waals surface area contributed by atoms with E-state index in [1.54, 1.807) is 12.0 Å². The van der Waals surface area contributed by atoms with Gasteiger partial charge in [0.2, 0.25) is 17.7 Å². The summed E-state index contributed by atoms with van der Waals surface area (Å²) in [5.41, 5.74) is 1.33. The number of methoxy groups -OCH3 is 1. The maximum atomic E-state index is 12.4. The van der Waals surface area contributed by atoms with Gasteiger partial charge in [0.05, 0.1) is 7.11 Å². The summed E-state index contributed by atoms with van der Waals surface area (Å²) in [4.78, 5) is 32.1. The summed E-state index contributed by atoms with van der Waals surface area (Å²) < 4.78 is 47.0. The fourth-order valence-corrected chi connectivity index (χ4v) is 3.31. The zero-order chi connectivity index (χ0) is 24.6. The first-order valence-electron chi connectivity index (χ1n) is 10.5. The van der Waals surface area contributed by atoms with Gasteiger partial charge < -0.3 is 24.6 Å². The van der Waals surface area contributed by atoms with Crippen molar-refractivity contribution in [1.82, 2.24) is 15.2 Å². The van der Waals surface area contributed by atoms with Crippen molar-refractivity contribution in [3.63, 3.8) is 0 Å². The maximum Gasteiger partial charge on any atom is 0.422 e. The van der Waals surface area contributed by atoms with Crippen LogP contribution in [0.3, 0.4) is 0 Å². The van der Waals surface area contributed by atoms with Crippen molar-refractivity contribution in [2.45, 2.75) is 12.7 Å². The predicted octanol–water partition coefficient (Wildman–Crippen LogP) is 2.55. The lowest BCUT2D eigenvalue weighted by Gasteiger charge is -2.35. The Morgan fingerprint density at radius 2 is 1.79 bits per heavy atom. The molecule has 2 aromatic rings. The highest BCUT2D eigenvalue weighted by Crippen LogP contribution is 2.21. The van der Waals surface area contributed by atoms with Crippen LogP contribution in [0.4, 0.5) is 18.9 Å². The van der Waals surface area contributed by atoms with Gasteiger partial charge in [0.15, 0.2) is 6.61 Å². The molecule has 0 bridgehead atoms. The quantitative estimate of drug-likeness (QED) is 0.588. The normalized spacial score (nSPS) is 14.2. The largest absolute Gasteiger partial charge is 0.497 e. The van der Waals surface area contributed by atoms with Crippen molar-refractivity contribution < 1.29 is 32.2 Å². The first kappa shape index (κ1) is 24.9. The smallest absolute Gasteiger partial charge is 0.422 e. The van der Waals surface area contributed by atoms with Gasteiger partial charge in [-0.25, -0.2) is 4.98 Å². The van der Waals surface area contributed by atoms with Gasteiger partial charge in [0.25, 0.3) is 0 Å². The Morgan fingerprint density at radius 1 is 1.09 bits per heavy atom. The molecule has 1 aliphatic rings. The van der Waals surface area contributed by atoms with Crippen LogP contribution in [0.2, 0.25) is 0 Å². The van der Waals surface area contributed by atoms with Gasteiger partial charge in [-0.2, -0.15) is 13.2 Å². The van der Waals surface area contributed by atoms with Crippen LogP contribution in [-0.2, 0) is 16.1 Å². The molecule has 0 unspecified atom stereocenters. The Kier molecular flexibility index (Phi) is 8.34. The average Bonchev–Trinajstić information content (AvgIpc) is 2.85. The number of rotatable bonds is 8. The lowest BCUT2D eigenvalue weighted by molar-refractivity contribution is -0.154. The molecule has 0 saturated carbocycles.